The zero-order valence-electron chi connectivity index (χ0n) is 12.0. The molecule has 0 rings (SSSR count). The molecule has 0 aliphatic rings. The highest BCUT2D eigenvalue weighted by atomic mass is 16.7. The van der Waals surface area contributed by atoms with Gasteiger partial charge in [-0.1, -0.05) is 13.3 Å². The summed E-state index contributed by atoms with van der Waals surface area (Å²) in [6.45, 7) is 9.91. The molecule has 0 aromatic carbocycles. The number of unbranched alkanes of at least 4 members (excludes halogenated alkanes) is 1. The van der Waals surface area contributed by atoms with E-state index in [0.717, 1.165) is 19.4 Å². The predicted octanol–water partition coefficient (Wildman–Crippen LogP) is 2.77. The van der Waals surface area contributed by atoms with Gasteiger partial charge >= 0.3 is 6.16 Å². The molecule has 0 aliphatic carbocycles. The lowest BCUT2D eigenvalue weighted by Gasteiger charge is -2.18. The molecule has 108 valence electrons. The van der Waals surface area contributed by atoms with E-state index in [1.54, 1.807) is 20.8 Å². The molecular formula is C13H26O5. The first-order chi connectivity index (χ1) is 8.45. The third-order valence-corrected chi connectivity index (χ3v) is 1.85. The Morgan fingerprint density at radius 2 is 1.50 bits per heavy atom. The van der Waals surface area contributed by atoms with Crippen LogP contribution in [0.15, 0.2) is 0 Å². The maximum atomic E-state index is 11.1. The summed E-state index contributed by atoms with van der Waals surface area (Å²) < 4.78 is 20.4. The second-order valence-corrected chi connectivity index (χ2v) is 4.89. The van der Waals surface area contributed by atoms with E-state index in [1.807, 2.05) is 0 Å². The van der Waals surface area contributed by atoms with Gasteiger partial charge in [0.15, 0.2) is 0 Å². The Kier molecular flexibility index (Phi) is 9.69. The fraction of sp³-hybridized carbons (Fsp3) is 0.923. The number of rotatable bonds is 9. The highest BCUT2D eigenvalue weighted by Crippen LogP contribution is 2.07. The number of ether oxygens (including phenoxy) is 4. The smallest absolute Gasteiger partial charge is 0.432 e. The van der Waals surface area contributed by atoms with E-state index in [1.165, 1.54) is 0 Å². The average molecular weight is 262 g/mol. The fourth-order valence-corrected chi connectivity index (χ4v) is 1.03. The van der Waals surface area contributed by atoms with Gasteiger partial charge < -0.3 is 18.9 Å². The molecule has 0 aromatic rings. The van der Waals surface area contributed by atoms with Crippen LogP contribution in [0.1, 0.15) is 40.5 Å². The van der Waals surface area contributed by atoms with Crippen molar-refractivity contribution in [1.29, 1.82) is 0 Å². The van der Waals surface area contributed by atoms with Gasteiger partial charge in [0.1, 0.15) is 12.2 Å². The Hall–Kier alpha value is -0.810. The zero-order chi connectivity index (χ0) is 13.9. The Morgan fingerprint density at radius 1 is 0.944 bits per heavy atom. The van der Waals surface area contributed by atoms with Gasteiger partial charge in [0.05, 0.1) is 19.8 Å². The molecule has 0 saturated carbocycles. The summed E-state index contributed by atoms with van der Waals surface area (Å²) in [5, 5.41) is 0. The van der Waals surface area contributed by atoms with Crippen molar-refractivity contribution in [3.63, 3.8) is 0 Å². The third kappa shape index (κ3) is 13.3. The molecule has 18 heavy (non-hydrogen) atoms. The predicted molar refractivity (Wildman–Crippen MR) is 68.7 cm³/mol. The lowest BCUT2D eigenvalue weighted by Crippen LogP contribution is -2.25. The van der Waals surface area contributed by atoms with E-state index < -0.39 is 11.8 Å². The van der Waals surface area contributed by atoms with Crippen LogP contribution in [0.5, 0.6) is 0 Å². The molecule has 0 N–H and O–H groups in total. The molecule has 0 heterocycles. The van der Waals surface area contributed by atoms with Crippen molar-refractivity contribution in [3.8, 4) is 0 Å². The normalized spacial score (nSPS) is 11.3. The molecule has 0 bridgehead atoms. The fourth-order valence-electron chi connectivity index (χ4n) is 1.03. The van der Waals surface area contributed by atoms with E-state index in [-0.39, 0.29) is 6.61 Å². The van der Waals surface area contributed by atoms with Crippen molar-refractivity contribution in [2.75, 3.05) is 33.0 Å². The summed E-state index contributed by atoms with van der Waals surface area (Å²) in [5.74, 6) is 0. The van der Waals surface area contributed by atoms with Crippen molar-refractivity contribution in [1.82, 2.24) is 0 Å². The first kappa shape index (κ1) is 17.2. The van der Waals surface area contributed by atoms with Gasteiger partial charge in [-0.25, -0.2) is 4.79 Å². The lowest BCUT2D eigenvalue weighted by atomic mass is 10.2. The summed E-state index contributed by atoms with van der Waals surface area (Å²) >= 11 is 0. The topological polar surface area (TPSA) is 54.0 Å². The van der Waals surface area contributed by atoms with Gasteiger partial charge in [-0.3, -0.25) is 0 Å². The molecule has 5 heteroatoms. The van der Waals surface area contributed by atoms with Crippen LogP contribution in [-0.2, 0) is 18.9 Å². The van der Waals surface area contributed by atoms with Crippen LogP contribution in [0.3, 0.4) is 0 Å². The number of carbonyl (C=O) groups excluding carboxylic acids is 1. The van der Waals surface area contributed by atoms with E-state index in [9.17, 15) is 4.79 Å². The standard InChI is InChI=1S/C13H26O5/c1-5-6-7-15-8-9-16-10-11-17-12(14)18-13(2,3)4/h5-11H2,1-4H3. The van der Waals surface area contributed by atoms with Crippen LogP contribution in [0.4, 0.5) is 4.79 Å². The SMILES string of the molecule is CCCCOCCOCCOC(=O)OC(C)(C)C. The Bertz CT molecular complexity index is 210. The average Bonchev–Trinajstić information content (AvgIpc) is 2.24. The second kappa shape index (κ2) is 10.1. The van der Waals surface area contributed by atoms with Crippen LogP contribution in [0.2, 0.25) is 0 Å². The molecular weight excluding hydrogens is 236 g/mol. The summed E-state index contributed by atoms with van der Waals surface area (Å²) in [6, 6.07) is 0. The van der Waals surface area contributed by atoms with Crippen molar-refractivity contribution >= 4 is 6.16 Å². The third-order valence-electron chi connectivity index (χ3n) is 1.85. The number of hydrogen-bond donors (Lipinski definition) is 0. The summed E-state index contributed by atoms with van der Waals surface area (Å²) in [6.07, 6.45) is 1.54. The second-order valence-electron chi connectivity index (χ2n) is 4.89. The van der Waals surface area contributed by atoms with Crippen LogP contribution < -0.4 is 0 Å². The summed E-state index contributed by atoms with van der Waals surface area (Å²) in [5.41, 5.74) is -0.523. The van der Waals surface area contributed by atoms with Crippen molar-refractivity contribution in [3.05, 3.63) is 0 Å². The molecule has 0 aliphatic heterocycles. The van der Waals surface area contributed by atoms with Crippen LogP contribution in [0, 0.1) is 0 Å². The molecule has 0 radical (unpaired) electrons. The molecule has 0 aromatic heterocycles. The van der Waals surface area contributed by atoms with Crippen LogP contribution in [0.25, 0.3) is 0 Å². The van der Waals surface area contributed by atoms with Crippen molar-refractivity contribution < 1.29 is 23.7 Å². The quantitative estimate of drug-likeness (QED) is 0.472. The maximum Gasteiger partial charge on any atom is 0.508 e. The van der Waals surface area contributed by atoms with E-state index >= 15 is 0 Å². The van der Waals surface area contributed by atoms with Crippen molar-refractivity contribution in [2.45, 2.75) is 46.1 Å². The van der Waals surface area contributed by atoms with E-state index in [2.05, 4.69) is 6.92 Å². The zero-order valence-corrected chi connectivity index (χ0v) is 12.0. The molecule has 0 saturated heterocycles. The Labute approximate surface area is 110 Å². The first-order valence-electron chi connectivity index (χ1n) is 6.47. The Balaban J connectivity index is 3.23. The number of carbonyl (C=O) groups is 1. The molecule has 0 amide bonds. The van der Waals surface area contributed by atoms with Crippen LogP contribution >= 0.6 is 0 Å². The molecule has 0 spiro atoms. The molecule has 0 atom stereocenters. The largest absolute Gasteiger partial charge is 0.508 e. The lowest BCUT2D eigenvalue weighted by molar-refractivity contribution is -0.0235. The van der Waals surface area contributed by atoms with Gasteiger partial charge in [-0.2, -0.15) is 0 Å². The molecule has 0 fully saturated rings. The molecule has 5 nitrogen and oxygen atoms in total. The van der Waals surface area contributed by atoms with Crippen molar-refractivity contribution in [2.24, 2.45) is 0 Å². The Morgan fingerprint density at radius 3 is 2.06 bits per heavy atom. The minimum absolute atomic E-state index is 0.198. The van der Waals surface area contributed by atoms with Gasteiger partial charge in [-0.15, -0.1) is 0 Å². The molecule has 0 unspecified atom stereocenters. The first-order valence-corrected chi connectivity index (χ1v) is 6.47. The summed E-state index contributed by atoms with van der Waals surface area (Å²) in [7, 11) is 0. The van der Waals surface area contributed by atoms with Gasteiger partial charge in [0.2, 0.25) is 0 Å². The monoisotopic (exact) mass is 262 g/mol. The van der Waals surface area contributed by atoms with Crippen LogP contribution in [-0.4, -0.2) is 44.8 Å². The van der Waals surface area contributed by atoms with Gasteiger partial charge in [0, 0.05) is 6.61 Å². The van der Waals surface area contributed by atoms with Gasteiger partial charge in [-0.05, 0) is 27.2 Å². The number of hydrogen-bond acceptors (Lipinski definition) is 5. The minimum atomic E-state index is -0.662. The van der Waals surface area contributed by atoms with E-state index in [4.69, 9.17) is 18.9 Å². The maximum absolute atomic E-state index is 11.1. The highest BCUT2D eigenvalue weighted by molar-refractivity contribution is 5.60. The van der Waals surface area contributed by atoms with Gasteiger partial charge in [0.25, 0.3) is 0 Å². The van der Waals surface area contributed by atoms with E-state index in [0.29, 0.717) is 19.8 Å². The summed E-state index contributed by atoms with van der Waals surface area (Å²) in [4.78, 5) is 11.1. The minimum Gasteiger partial charge on any atom is -0.432 e. The highest BCUT2D eigenvalue weighted by Gasteiger charge is 2.16.